The fraction of sp³-hybridized carbons (Fsp3) is 0.450. The molecule has 0 amide bonds. The maximum atomic E-state index is 6.34. The molecule has 6 heterocycles. The van der Waals surface area contributed by atoms with Gasteiger partial charge >= 0.3 is 0 Å². The van der Waals surface area contributed by atoms with Crippen molar-refractivity contribution in [2.75, 3.05) is 38.6 Å². The number of nitrogens with zero attached hydrogens (tertiary/aromatic N) is 4. The molecule has 0 aromatic carbocycles. The Morgan fingerprint density at radius 2 is 2.11 bits per heavy atom. The number of hydrogen-bond acceptors (Lipinski definition) is 7. The molecule has 2 aromatic heterocycles. The largest absolute Gasteiger partial charge is 0.481 e. The van der Waals surface area contributed by atoms with E-state index in [1.54, 1.807) is 19.5 Å². The number of piperidine rings is 3. The molecule has 6 rings (SSSR count). The fourth-order valence-corrected chi connectivity index (χ4v) is 4.50. The molecule has 0 saturated carbocycles. The SMILES string of the molecule is COc1ncccc1-c1ccnc(NC2=NC[C@@]3(CN4CCC3CC4)O2)c1. The molecule has 4 aliphatic heterocycles. The van der Waals surface area contributed by atoms with Crippen molar-refractivity contribution in [3.05, 3.63) is 36.7 Å². The Bertz CT molecular complexity index is 878. The summed E-state index contributed by atoms with van der Waals surface area (Å²) in [5.74, 6) is 1.90. The van der Waals surface area contributed by atoms with Crippen LogP contribution in [0.2, 0.25) is 0 Å². The van der Waals surface area contributed by atoms with Gasteiger partial charge in [0, 0.05) is 30.4 Å². The quantitative estimate of drug-likeness (QED) is 0.901. The number of anilines is 1. The Labute approximate surface area is 158 Å². The standard InChI is InChI=1S/C20H23N5O2/c1-26-18-16(3-2-7-22-18)14-4-8-21-17(11-14)24-19-23-12-20(27-19)13-25-9-5-15(20)6-10-25/h2-4,7-8,11,15H,5-6,9-10,12-13H2,1H3,(H,21,23,24)/t20-/m0/s1. The summed E-state index contributed by atoms with van der Waals surface area (Å²) in [6.07, 6.45) is 5.90. The van der Waals surface area contributed by atoms with Gasteiger partial charge in [0.25, 0.3) is 6.02 Å². The van der Waals surface area contributed by atoms with Crippen molar-refractivity contribution >= 4 is 11.8 Å². The Hall–Kier alpha value is -2.67. The zero-order chi connectivity index (χ0) is 18.3. The third kappa shape index (κ3) is 2.92. The third-order valence-electron chi connectivity index (χ3n) is 5.88. The second-order valence-corrected chi connectivity index (χ2v) is 7.45. The van der Waals surface area contributed by atoms with Gasteiger partial charge in [-0.15, -0.1) is 0 Å². The van der Waals surface area contributed by atoms with Crippen molar-refractivity contribution in [1.29, 1.82) is 0 Å². The number of fused-ring (bicyclic) bond motifs is 2. The molecule has 3 fully saturated rings. The zero-order valence-electron chi connectivity index (χ0n) is 15.4. The smallest absolute Gasteiger partial charge is 0.291 e. The first kappa shape index (κ1) is 16.5. The first-order valence-corrected chi connectivity index (χ1v) is 9.44. The van der Waals surface area contributed by atoms with Crippen molar-refractivity contribution in [1.82, 2.24) is 14.9 Å². The van der Waals surface area contributed by atoms with E-state index in [0.29, 0.717) is 23.6 Å². The Morgan fingerprint density at radius 1 is 1.22 bits per heavy atom. The molecule has 7 heteroatoms. The van der Waals surface area contributed by atoms with E-state index in [2.05, 4.69) is 25.2 Å². The molecule has 0 aliphatic carbocycles. The minimum absolute atomic E-state index is 0.150. The van der Waals surface area contributed by atoms with Crippen LogP contribution in [0.4, 0.5) is 5.82 Å². The number of rotatable bonds is 3. The molecular formula is C20H23N5O2. The lowest BCUT2D eigenvalue weighted by molar-refractivity contribution is -0.0829. The van der Waals surface area contributed by atoms with Crippen LogP contribution in [-0.4, -0.2) is 59.8 Å². The molecule has 1 atom stereocenters. The second-order valence-electron chi connectivity index (χ2n) is 7.45. The number of nitrogens with one attached hydrogen (secondary N) is 1. The summed E-state index contributed by atoms with van der Waals surface area (Å²) < 4.78 is 11.7. The first-order valence-electron chi connectivity index (χ1n) is 9.44. The highest BCUT2D eigenvalue weighted by Crippen LogP contribution is 2.41. The van der Waals surface area contributed by atoms with Crippen LogP contribution in [0.3, 0.4) is 0 Å². The van der Waals surface area contributed by atoms with E-state index in [-0.39, 0.29) is 5.60 Å². The van der Waals surface area contributed by atoms with E-state index in [1.165, 1.54) is 25.9 Å². The van der Waals surface area contributed by atoms with E-state index < -0.39 is 0 Å². The van der Waals surface area contributed by atoms with Gasteiger partial charge in [-0.1, -0.05) is 0 Å². The summed E-state index contributed by atoms with van der Waals surface area (Å²) in [7, 11) is 1.63. The molecule has 1 spiro atoms. The summed E-state index contributed by atoms with van der Waals surface area (Å²) in [6, 6.07) is 8.36. The van der Waals surface area contributed by atoms with Gasteiger partial charge in [-0.05, 0) is 55.8 Å². The van der Waals surface area contributed by atoms with Crippen LogP contribution in [0.1, 0.15) is 12.8 Å². The number of methoxy groups -OCH3 is 1. The average molecular weight is 365 g/mol. The molecule has 140 valence electrons. The highest BCUT2D eigenvalue weighted by atomic mass is 16.5. The summed E-state index contributed by atoms with van der Waals surface area (Å²) in [6.45, 7) is 4.09. The van der Waals surface area contributed by atoms with Gasteiger partial charge in [0.1, 0.15) is 11.4 Å². The normalized spacial score (nSPS) is 28.7. The monoisotopic (exact) mass is 365 g/mol. The van der Waals surface area contributed by atoms with Crippen molar-refractivity contribution in [3.8, 4) is 17.0 Å². The van der Waals surface area contributed by atoms with Crippen LogP contribution >= 0.6 is 0 Å². The third-order valence-corrected chi connectivity index (χ3v) is 5.88. The van der Waals surface area contributed by atoms with E-state index in [9.17, 15) is 0 Å². The summed E-state index contributed by atoms with van der Waals surface area (Å²) in [5.41, 5.74) is 1.76. The molecule has 4 aliphatic rings. The molecule has 7 nitrogen and oxygen atoms in total. The second kappa shape index (κ2) is 6.49. The Balaban J connectivity index is 1.34. The van der Waals surface area contributed by atoms with Gasteiger partial charge in [-0.3, -0.25) is 10.2 Å². The molecule has 3 saturated heterocycles. The summed E-state index contributed by atoms with van der Waals surface area (Å²) in [5, 5.41) is 3.26. The number of pyridine rings is 2. The Kier molecular flexibility index (Phi) is 3.97. The lowest BCUT2D eigenvalue weighted by atomic mass is 9.75. The summed E-state index contributed by atoms with van der Waals surface area (Å²) in [4.78, 5) is 15.8. The van der Waals surface area contributed by atoms with Crippen LogP contribution in [0.25, 0.3) is 11.1 Å². The Morgan fingerprint density at radius 3 is 2.89 bits per heavy atom. The first-order chi connectivity index (χ1) is 13.3. The van der Waals surface area contributed by atoms with Gasteiger partial charge < -0.3 is 9.47 Å². The predicted molar refractivity (Wildman–Crippen MR) is 103 cm³/mol. The summed E-state index contributed by atoms with van der Waals surface area (Å²) >= 11 is 0. The number of ether oxygens (including phenoxy) is 2. The van der Waals surface area contributed by atoms with Gasteiger partial charge in [0.2, 0.25) is 5.88 Å². The minimum Gasteiger partial charge on any atom is -0.481 e. The lowest BCUT2D eigenvalue weighted by Gasteiger charge is -2.50. The number of aliphatic imine (C=N–C) groups is 1. The molecule has 27 heavy (non-hydrogen) atoms. The average Bonchev–Trinajstić information content (AvgIpc) is 3.10. The number of amidine groups is 1. The molecule has 1 N–H and O–H groups in total. The van der Waals surface area contributed by atoms with E-state index in [0.717, 1.165) is 24.2 Å². The van der Waals surface area contributed by atoms with Crippen molar-refractivity contribution in [3.63, 3.8) is 0 Å². The van der Waals surface area contributed by atoms with Crippen molar-refractivity contribution < 1.29 is 9.47 Å². The van der Waals surface area contributed by atoms with Crippen LogP contribution < -0.4 is 10.1 Å². The van der Waals surface area contributed by atoms with Crippen molar-refractivity contribution in [2.45, 2.75) is 18.4 Å². The number of hydrogen-bond donors (Lipinski definition) is 1. The minimum atomic E-state index is -0.150. The van der Waals surface area contributed by atoms with Gasteiger partial charge in [-0.25, -0.2) is 15.0 Å². The maximum absolute atomic E-state index is 6.34. The van der Waals surface area contributed by atoms with Gasteiger partial charge in [0.05, 0.1) is 13.7 Å². The van der Waals surface area contributed by atoms with E-state index in [1.807, 2.05) is 24.3 Å². The van der Waals surface area contributed by atoms with Gasteiger partial charge in [-0.2, -0.15) is 0 Å². The van der Waals surface area contributed by atoms with E-state index >= 15 is 0 Å². The maximum Gasteiger partial charge on any atom is 0.291 e. The van der Waals surface area contributed by atoms with Crippen LogP contribution in [-0.2, 0) is 4.74 Å². The highest BCUT2D eigenvalue weighted by Gasteiger charge is 2.51. The predicted octanol–water partition coefficient (Wildman–Crippen LogP) is 2.41. The van der Waals surface area contributed by atoms with Crippen LogP contribution in [0.5, 0.6) is 5.88 Å². The number of aromatic nitrogens is 2. The molecule has 0 unspecified atom stereocenters. The molecule has 2 bridgehead atoms. The highest BCUT2D eigenvalue weighted by molar-refractivity contribution is 5.90. The molecule has 0 radical (unpaired) electrons. The van der Waals surface area contributed by atoms with Crippen LogP contribution in [0, 0.1) is 5.92 Å². The van der Waals surface area contributed by atoms with E-state index in [4.69, 9.17) is 9.47 Å². The molecular weight excluding hydrogens is 342 g/mol. The van der Waals surface area contributed by atoms with Crippen molar-refractivity contribution in [2.24, 2.45) is 10.9 Å². The van der Waals surface area contributed by atoms with Gasteiger partial charge in [0.15, 0.2) is 0 Å². The topological polar surface area (TPSA) is 71.9 Å². The van der Waals surface area contributed by atoms with Crippen LogP contribution in [0.15, 0.2) is 41.7 Å². The molecule has 2 aromatic rings. The lowest BCUT2D eigenvalue weighted by Crippen LogP contribution is -2.61. The zero-order valence-corrected chi connectivity index (χ0v) is 15.4. The fourth-order valence-electron chi connectivity index (χ4n) is 4.50.